The maximum absolute atomic E-state index is 3.66. The zero-order valence-corrected chi connectivity index (χ0v) is 8.92. The summed E-state index contributed by atoms with van der Waals surface area (Å²) in [6.45, 7) is 7.18. The molecular weight excluding hydrogens is 160 g/mol. The number of likely N-dealkylation sites (tertiary alicyclic amines) is 1. The third kappa shape index (κ3) is 1.89. The molecule has 0 amide bonds. The van der Waals surface area contributed by atoms with Gasteiger partial charge in [0.25, 0.3) is 0 Å². The lowest BCUT2D eigenvalue weighted by molar-refractivity contribution is 0.121. The molecule has 2 heterocycles. The Hall–Kier alpha value is -0.0800. The summed E-state index contributed by atoms with van der Waals surface area (Å²) in [5.74, 6) is 0.935. The second kappa shape index (κ2) is 3.97. The van der Waals surface area contributed by atoms with Crippen molar-refractivity contribution >= 4 is 0 Å². The molecular formula is C11H22N2. The summed E-state index contributed by atoms with van der Waals surface area (Å²) < 4.78 is 0. The Bertz CT molecular complexity index is 167. The van der Waals surface area contributed by atoms with Crippen molar-refractivity contribution in [2.24, 2.45) is 5.92 Å². The Labute approximate surface area is 81.7 Å². The first-order chi connectivity index (χ1) is 6.29. The molecule has 0 radical (unpaired) electrons. The van der Waals surface area contributed by atoms with Gasteiger partial charge in [-0.05, 0) is 52.1 Å². The average Bonchev–Trinajstić information content (AvgIpc) is 2.44. The predicted octanol–water partition coefficient (Wildman–Crippen LogP) is 1.82. The summed E-state index contributed by atoms with van der Waals surface area (Å²) in [4.78, 5) is 2.66. The molecule has 0 aromatic rings. The number of fused-ring (bicyclic) bond motifs is 1. The molecule has 2 saturated heterocycles. The van der Waals surface area contributed by atoms with Crippen LogP contribution in [0.1, 0.15) is 39.5 Å². The second-order valence-corrected chi connectivity index (χ2v) is 4.78. The molecule has 0 aromatic heterocycles. The van der Waals surface area contributed by atoms with Crippen LogP contribution in [0, 0.1) is 5.92 Å². The second-order valence-electron chi connectivity index (χ2n) is 4.78. The summed E-state index contributed by atoms with van der Waals surface area (Å²) in [6.07, 6.45) is 6.37. The molecule has 2 aliphatic rings. The molecule has 2 unspecified atom stereocenters. The fourth-order valence-corrected chi connectivity index (χ4v) is 2.85. The van der Waals surface area contributed by atoms with Gasteiger partial charge in [-0.15, -0.1) is 0 Å². The lowest BCUT2D eigenvalue weighted by Crippen LogP contribution is -2.48. The first-order valence-electron chi connectivity index (χ1n) is 5.78. The molecule has 2 nitrogen and oxygen atoms in total. The first-order valence-corrected chi connectivity index (χ1v) is 5.78. The number of hydrogen-bond donors (Lipinski definition) is 1. The molecule has 2 aliphatic heterocycles. The maximum atomic E-state index is 3.66. The minimum atomic E-state index is 0.697. The Balaban J connectivity index is 2.06. The average molecular weight is 182 g/mol. The number of nitrogens with zero attached hydrogens (tertiary/aromatic N) is 1. The Morgan fingerprint density at radius 1 is 1.23 bits per heavy atom. The van der Waals surface area contributed by atoms with Gasteiger partial charge in [0.2, 0.25) is 0 Å². The molecule has 2 fully saturated rings. The van der Waals surface area contributed by atoms with Crippen LogP contribution >= 0.6 is 0 Å². The van der Waals surface area contributed by atoms with E-state index in [2.05, 4.69) is 24.1 Å². The van der Waals surface area contributed by atoms with Gasteiger partial charge in [-0.1, -0.05) is 6.42 Å². The lowest BCUT2D eigenvalue weighted by Gasteiger charge is -2.33. The normalized spacial score (nSPS) is 36.2. The van der Waals surface area contributed by atoms with Crippen LogP contribution in [0.25, 0.3) is 0 Å². The van der Waals surface area contributed by atoms with Crippen molar-refractivity contribution in [3.05, 3.63) is 0 Å². The molecule has 2 heteroatoms. The van der Waals surface area contributed by atoms with E-state index >= 15 is 0 Å². The molecule has 0 spiro atoms. The lowest BCUT2D eigenvalue weighted by atomic mass is 10.00. The highest BCUT2D eigenvalue weighted by Crippen LogP contribution is 2.28. The van der Waals surface area contributed by atoms with E-state index < -0.39 is 0 Å². The fraction of sp³-hybridized carbons (Fsp3) is 1.00. The Morgan fingerprint density at radius 3 is 2.85 bits per heavy atom. The van der Waals surface area contributed by atoms with Gasteiger partial charge in [-0.2, -0.15) is 0 Å². The molecule has 0 bridgehead atoms. The largest absolute Gasteiger partial charge is 0.301 e. The molecule has 13 heavy (non-hydrogen) atoms. The SMILES string of the molecule is CC(C)N1CCCCC2CCNC21. The molecule has 2 atom stereocenters. The van der Waals surface area contributed by atoms with E-state index in [1.54, 1.807) is 0 Å². The van der Waals surface area contributed by atoms with Crippen LogP contribution in [0.15, 0.2) is 0 Å². The number of hydrogen-bond acceptors (Lipinski definition) is 2. The molecule has 2 rings (SSSR count). The fourth-order valence-electron chi connectivity index (χ4n) is 2.85. The molecule has 0 aliphatic carbocycles. The number of rotatable bonds is 1. The van der Waals surface area contributed by atoms with E-state index in [0.29, 0.717) is 12.2 Å². The van der Waals surface area contributed by atoms with Crippen molar-refractivity contribution in [1.29, 1.82) is 0 Å². The van der Waals surface area contributed by atoms with Gasteiger partial charge in [0.15, 0.2) is 0 Å². The zero-order valence-electron chi connectivity index (χ0n) is 8.92. The third-order valence-corrected chi connectivity index (χ3v) is 3.58. The molecule has 0 saturated carbocycles. The highest BCUT2D eigenvalue weighted by molar-refractivity contribution is 4.87. The molecule has 0 aromatic carbocycles. The van der Waals surface area contributed by atoms with Crippen LogP contribution in [0.3, 0.4) is 0 Å². The standard InChI is InChI=1S/C11H22N2/c1-9(2)13-8-4-3-5-10-6-7-12-11(10)13/h9-12H,3-8H2,1-2H3. The van der Waals surface area contributed by atoms with E-state index in [-0.39, 0.29) is 0 Å². The third-order valence-electron chi connectivity index (χ3n) is 3.58. The maximum Gasteiger partial charge on any atom is 0.0628 e. The predicted molar refractivity (Wildman–Crippen MR) is 55.6 cm³/mol. The van der Waals surface area contributed by atoms with Crippen LogP contribution in [-0.4, -0.2) is 30.2 Å². The van der Waals surface area contributed by atoms with Crippen molar-refractivity contribution in [2.45, 2.75) is 51.7 Å². The van der Waals surface area contributed by atoms with Crippen LogP contribution in [0.5, 0.6) is 0 Å². The van der Waals surface area contributed by atoms with Gasteiger partial charge in [0.1, 0.15) is 0 Å². The summed E-state index contributed by atoms with van der Waals surface area (Å²) in [5.41, 5.74) is 0. The van der Waals surface area contributed by atoms with Crippen LogP contribution in [-0.2, 0) is 0 Å². The van der Waals surface area contributed by atoms with Crippen LogP contribution < -0.4 is 5.32 Å². The minimum Gasteiger partial charge on any atom is -0.301 e. The van der Waals surface area contributed by atoms with E-state index in [9.17, 15) is 0 Å². The Morgan fingerprint density at radius 2 is 2.08 bits per heavy atom. The van der Waals surface area contributed by atoms with Crippen molar-refractivity contribution in [1.82, 2.24) is 10.2 Å². The highest BCUT2D eigenvalue weighted by atomic mass is 15.3. The van der Waals surface area contributed by atoms with Crippen molar-refractivity contribution in [2.75, 3.05) is 13.1 Å². The van der Waals surface area contributed by atoms with Gasteiger partial charge in [0, 0.05) is 6.04 Å². The van der Waals surface area contributed by atoms with Gasteiger partial charge < -0.3 is 5.32 Å². The number of nitrogens with one attached hydrogen (secondary N) is 1. The smallest absolute Gasteiger partial charge is 0.0628 e. The van der Waals surface area contributed by atoms with E-state index in [4.69, 9.17) is 0 Å². The van der Waals surface area contributed by atoms with Gasteiger partial charge in [0.05, 0.1) is 6.17 Å². The van der Waals surface area contributed by atoms with Crippen LogP contribution in [0.4, 0.5) is 0 Å². The van der Waals surface area contributed by atoms with Crippen LogP contribution in [0.2, 0.25) is 0 Å². The first kappa shape index (κ1) is 9.47. The van der Waals surface area contributed by atoms with Gasteiger partial charge >= 0.3 is 0 Å². The molecule has 76 valence electrons. The topological polar surface area (TPSA) is 15.3 Å². The summed E-state index contributed by atoms with van der Waals surface area (Å²) in [7, 11) is 0. The highest BCUT2D eigenvalue weighted by Gasteiger charge is 2.33. The van der Waals surface area contributed by atoms with Gasteiger partial charge in [-0.25, -0.2) is 0 Å². The quantitative estimate of drug-likeness (QED) is 0.665. The zero-order chi connectivity index (χ0) is 9.26. The van der Waals surface area contributed by atoms with Crippen molar-refractivity contribution < 1.29 is 0 Å². The van der Waals surface area contributed by atoms with Crippen molar-refractivity contribution in [3.63, 3.8) is 0 Å². The van der Waals surface area contributed by atoms with Crippen molar-refractivity contribution in [3.8, 4) is 0 Å². The molecule has 1 N–H and O–H groups in total. The monoisotopic (exact) mass is 182 g/mol. The minimum absolute atomic E-state index is 0.697. The summed E-state index contributed by atoms with van der Waals surface area (Å²) in [6, 6.07) is 0.705. The van der Waals surface area contributed by atoms with E-state index in [1.807, 2.05) is 0 Å². The van der Waals surface area contributed by atoms with E-state index in [0.717, 1.165) is 5.92 Å². The summed E-state index contributed by atoms with van der Waals surface area (Å²) >= 11 is 0. The Kier molecular flexibility index (Phi) is 2.89. The summed E-state index contributed by atoms with van der Waals surface area (Å²) in [5, 5.41) is 3.66. The van der Waals surface area contributed by atoms with E-state index in [1.165, 1.54) is 38.8 Å². The van der Waals surface area contributed by atoms with Gasteiger partial charge in [-0.3, -0.25) is 4.90 Å².